The highest BCUT2D eigenvalue weighted by Crippen LogP contribution is 1.88. The SMILES string of the molecule is C=CCl.C=CNC(C)COCC(C)NC=C.CC(N)COCC(C)N. The van der Waals surface area contributed by atoms with Crippen LogP contribution >= 0.6 is 11.6 Å². The van der Waals surface area contributed by atoms with Gasteiger partial charge in [0.2, 0.25) is 0 Å². The summed E-state index contributed by atoms with van der Waals surface area (Å²) in [5, 5.41) is 6.10. The zero-order chi connectivity index (χ0) is 20.1. The maximum atomic E-state index is 5.44. The molecule has 6 nitrogen and oxygen atoms in total. The third-order valence-electron chi connectivity index (χ3n) is 2.30. The number of ether oxygens (including phenoxy) is 2. The van der Waals surface area contributed by atoms with Crippen LogP contribution in [0.4, 0.5) is 0 Å². The topological polar surface area (TPSA) is 94.6 Å². The number of hydrogen-bond donors (Lipinski definition) is 4. The minimum Gasteiger partial charge on any atom is -0.387 e. The lowest BCUT2D eigenvalue weighted by molar-refractivity contribution is 0.105. The van der Waals surface area contributed by atoms with Crippen molar-refractivity contribution in [1.29, 1.82) is 0 Å². The number of hydrogen-bond acceptors (Lipinski definition) is 6. The number of nitrogens with two attached hydrogens (primary N) is 2. The van der Waals surface area contributed by atoms with E-state index in [9.17, 15) is 0 Å². The van der Waals surface area contributed by atoms with Crippen LogP contribution in [0, 0.1) is 0 Å². The van der Waals surface area contributed by atoms with Crippen LogP contribution in [0.15, 0.2) is 37.7 Å². The van der Waals surface area contributed by atoms with Gasteiger partial charge in [0.1, 0.15) is 0 Å². The van der Waals surface area contributed by atoms with Crippen LogP contribution in [0.1, 0.15) is 27.7 Å². The zero-order valence-corrected chi connectivity index (χ0v) is 17.1. The van der Waals surface area contributed by atoms with Gasteiger partial charge in [0.25, 0.3) is 0 Å². The molecule has 25 heavy (non-hydrogen) atoms. The second-order valence-electron chi connectivity index (χ2n) is 5.73. The largest absolute Gasteiger partial charge is 0.387 e. The Morgan fingerprint density at radius 3 is 1.32 bits per heavy atom. The molecule has 7 heteroatoms. The summed E-state index contributed by atoms with van der Waals surface area (Å²) in [6.07, 6.45) is 3.36. The average molecular weight is 379 g/mol. The fraction of sp³-hybridized carbons (Fsp3) is 0.667. The maximum Gasteiger partial charge on any atom is 0.0665 e. The van der Waals surface area contributed by atoms with Gasteiger partial charge in [-0.1, -0.05) is 31.3 Å². The molecule has 0 saturated heterocycles. The van der Waals surface area contributed by atoms with Gasteiger partial charge in [-0.05, 0) is 45.6 Å². The van der Waals surface area contributed by atoms with Crippen LogP contribution in [0.3, 0.4) is 0 Å². The van der Waals surface area contributed by atoms with Crippen molar-refractivity contribution in [3.63, 3.8) is 0 Å². The molecule has 0 fully saturated rings. The van der Waals surface area contributed by atoms with Gasteiger partial charge in [-0.3, -0.25) is 0 Å². The van der Waals surface area contributed by atoms with Crippen molar-refractivity contribution in [1.82, 2.24) is 10.6 Å². The normalized spacial score (nSPS) is 14.2. The first-order chi connectivity index (χ1) is 11.7. The molecule has 0 rings (SSSR count). The molecule has 6 N–H and O–H groups in total. The molecule has 0 bridgehead atoms. The number of halogens is 1. The second-order valence-corrected chi connectivity index (χ2v) is 6.04. The Balaban J connectivity index is -0.000000350. The molecule has 0 aliphatic heterocycles. The van der Waals surface area contributed by atoms with Crippen LogP contribution in [-0.4, -0.2) is 50.6 Å². The lowest BCUT2D eigenvalue weighted by Crippen LogP contribution is -2.31. The third kappa shape index (κ3) is 35.1. The third-order valence-corrected chi connectivity index (χ3v) is 2.30. The summed E-state index contributed by atoms with van der Waals surface area (Å²) in [4.78, 5) is 0. The fourth-order valence-electron chi connectivity index (χ4n) is 1.36. The van der Waals surface area contributed by atoms with Gasteiger partial charge in [-0.25, -0.2) is 0 Å². The van der Waals surface area contributed by atoms with Crippen molar-refractivity contribution in [2.75, 3.05) is 26.4 Å². The minimum absolute atomic E-state index is 0.115. The van der Waals surface area contributed by atoms with Crippen LogP contribution in [0.25, 0.3) is 0 Å². The zero-order valence-electron chi connectivity index (χ0n) is 16.3. The lowest BCUT2D eigenvalue weighted by atomic mass is 10.3. The monoisotopic (exact) mass is 378 g/mol. The summed E-state index contributed by atoms with van der Waals surface area (Å²) in [5.74, 6) is 0. The van der Waals surface area contributed by atoms with Crippen LogP contribution in [0.2, 0.25) is 0 Å². The summed E-state index contributed by atoms with van der Waals surface area (Å²) in [6, 6.07) is 0.856. The smallest absolute Gasteiger partial charge is 0.0665 e. The van der Waals surface area contributed by atoms with E-state index in [2.05, 4.69) is 30.4 Å². The fourth-order valence-corrected chi connectivity index (χ4v) is 1.36. The van der Waals surface area contributed by atoms with E-state index in [0.717, 1.165) is 0 Å². The number of nitrogens with one attached hydrogen (secondary N) is 2. The van der Waals surface area contributed by atoms with Crippen molar-refractivity contribution < 1.29 is 9.47 Å². The predicted octanol–water partition coefficient (Wildman–Crippen LogP) is 2.31. The molecule has 0 aliphatic rings. The maximum absolute atomic E-state index is 5.44. The Hall–Kier alpha value is -1.05. The molecule has 0 radical (unpaired) electrons. The minimum atomic E-state index is 0.115. The summed E-state index contributed by atoms with van der Waals surface area (Å²) in [7, 11) is 0. The summed E-state index contributed by atoms with van der Waals surface area (Å²) < 4.78 is 10.5. The number of rotatable bonds is 12. The van der Waals surface area contributed by atoms with E-state index < -0.39 is 0 Å². The van der Waals surface area contributed by atoms with Crippen molar-refractivity contribution in [2.45, 2.75) is 51.9 Å². The molecule has 0 aromatic carbocycles. The van der Waals surface area contributed by atoms with E-state index in [1.165, 1.54) is 5.54 Å². The predicted molar refractivity (Wildman–Crippen MR) is 111 cm³/mol. The molecular formula is C18H39ClN4O2. The van der Waals surface area contributed by atoms with Crippen LogP contribution in [0.5, 0.6) is 0 Å². The van der Waals surface area contributed by atoms with E-state index in [0.29, 0.717) is 38.5 Å². The Kier molecular flexibility index (Phi) is 26.4. The van der Waals surface area contributed by atoms with Gasteiger partial charge in [-0.2, -0.15) is 0 Å². The molecular weight excluding hydrogens is 340 g/mol. The highest BCUT2D eigenvalue weighted by atomic mass is 35.5. The lowest BCUT2D eigenvalue weighted by Gasteiger charge is -2.15. The van der Waals surface area contributed by atoms with Crippen molar-refractivity contribution in [3.05, 3.63) is 37.7 Å². The van der Waals surface area contributed by atoms with Gasteiger partial charge < -0.3 is 31.6 Å². The first-order valence-electron chi connectivity index (χ1n) is 8.36. The molecule has 150 valence electrons. The van der Waals surface area contributed by atoms with E-state index in [1.54, 1.807) is 12.4 Å². The molecule has 4 unspecified atom stereocenters. The molecule has 0 aliphatic carbocycles. The quantitative estimate of drug-likeness (QED) is 0.416. The molecule has 0 saturated carbocycles. The van der Waals surface area contributed by atoms with Crippen molar-refractivity contribution in [2.24, 2.45) is 11.5 Å². The molecule has 0 aromatic heterocycles. The Labute approximate surface area is 159 Å². The van der Waals surface area contributed by atoms with E-state index in [1.807, 2.05) is 27.7 Å². The first-order valence-corrected chi connectivity index (χ1v) is 8.80. The first kappa shape index (κ1) is 28.7. The van der Waals surface area contributed by atoms with E-state index in [4.69, 9.17) is 32.5 Å². The Morgan fingerprint density at radius 1 is 0.800 bits per heavy atom. The summed E-state index contributed by atoms with van der Waals surface area (Å²) >= 11 is 4.76. The van der Waals surface area contributed by atoms with Crippen molar-refractivity contribution in [3.8, 4) is 0 Å². The Bertz CT molecular complexity index is 279. The molecule has 0 aromatic rings. The van der Waals surface area contributed by atoms with Gasteiger partial charge in [0.15, 0.2) is 0 Å². The molecule has 0 spiro atoms. The van der Waals surface area contributed by atoms with Gasteiger partial charge in [0, 0.05) is 24.2 Å². The highest BCUT2D eigenvalue weighted by molar-refractivity contribution is 6.25. The van der Waals surface area contributed by atoms with Gasteiger partial charge in [-0.15, -0.1) is 0 Å². The summed E-state index contributed by atoms with van der Waals surface area (Å²) in [6.45, 7) is 20.8. The molecule has 4 atom stereocenters. The van der Waals surface area contributed by atoms with Gasteiger partial charge >= 0.3 is 0 Å². The molecule has 0 amide bonds. The average Bonchev–Trinajstić information content (AvgIpc) is 2.48. The second kappa shape index (κ2) is 22.9. The van der Waals surface area contributed by atoms with E-state index in [-0.39, 0.29) is 12.1 Å². The van der Waals surface area contributed by atoms with Crippen LogP contribution < -0.4 is 22.1 Å². The Morgan fingerprint density at radius 2 is 1.08 bits per heavy atom. The van der Waals surface area contributed by atoms with E-state index >= 15 is 0 Å². The molecule has 0 heterocycles. The highest BCUT2D eigenvalue weighted by Gasteiger charge is 2.01. The van der Waals surface area contributed by atoms with Gasteiger partial charge in [0.05, 0.1) is 26.4 Å². The summed E-state index contributed by atoms with van der Waals surface area (Å²) in [5.41, 5.74) is 12.0. The van der Waals surface area contributed by atoms with Crippen LogP contribution in [-0.2, 0) is 9.47 Å². The standard InChI is InChI=1S/C10H20N2O.C6H16N2O.C2H3Cl/c1-5-11-9(3)7-13-8-10(4)12-6-2;1-5(7)3-9-4-6(2)8;1-2-3/h5-6,9-12H,1-2,7-8H2,3-4H3;5-6H,3-4,7-8H2,1-2H3;2H,1H2. The van der Waals surface area contributed by atoms with Crippen molar-refractivity contribution >= 4 is 11.6 Å².